The summed E-state index contributed by atoms with van der Waals surface area (Å²) >= 11 is 6.33. The third kappa shape index (κ3) is 6.45. The minimum Gasteiger partial charge on any atom is -0.449 e. The van der Waals surface area contributed by atoms with E-state index in [-0.39, 0.29) is 6.09 Å². The van der Waals surface area contributed by atoms with Crippen LogP contribution in [0.1, 0.15) is 68.3 Å². The maximum absolute atomic E-state index is 12.7. The number of piperidine rings is 1. The Hall–Kier alpha value is -2.37. The minimum absolute atomic E-state index is 0.177. The van der Waals surface area contributed by atoms with E-state index in [1.165, 1.54) is 27.8 Å². The van der Waals surface area contributed by atoms with Crippen LogP contribution in [0.3, 0.4) is 0 Å². The highest BCUT2D eigenvalue weighted by molar-refractivity contribution is 6.30. The molecular weight excluding hydrogens is 458 g/mol. The number of aromatic nitrogens is 1. The van der Waals surface area contributed by atoms with Crippen molar-refractivity contribution in [1.29, 1.82) is 0 Å². The van der Waals surface area contributed by atoms with E-state index in [0.717, 1.165) is 75.3 Å². The number of amides is 1. The van der Waals surface area contributed by atoms with Crippen LogP contribution < -0.4 is 0 Å². The average Bonchev–Trinajstić information content (AvgIpc) is 3.05. The number of aryl methyl sites for hydroxylation is 2. The van der Waals surface area contributed by atoms with Crippen LogP contribution in [0.15, 0.2) is 42.1 Å². The Balaban J connectivity index is 1.37. The van der Waals surface area contributed by atoms with Gasteiger partial charge in [-0.25, -0.2) is 4.79 Å². The van der Waals surface area contributed by atoms with Crippen molar-refractivity contribution in [3.05, 3.63) is 69.5 Å². The second-order valence-corrected chi connectivity index (χ2v) is 9.92. The number of carbonyl (C=O) groups excluding carboxylic acids is 1. The molecule has 188 valence electrons. The van der Waals surface area contributed by atoms with Crippen LogP contribution in [0.2, 0.25) is 5.02 Å². The summed E-state index contributed by atoms with van der Waals surface area (Å²) < 4.78 is 5.60. The Kier molecular flexibility index (Phi) is 9.22. The molecule has 2 aliphatic rings. The number of carbonyl (C=O) groups is 1. The molecule has 1 saturated heterocycles. The van der Waals surface area contributed by atoms with Crippen molar-refractivity contribution in [2.45, 2.75) is 58.8 Å². The maximum atomic E-state index is 12.7. The van der Waals surface area contributed by atoms with Crippen LogP contribution in [-0.4, -0.2) is 60.2 Å². The molecule has 2 heterocycles. The maximum Gasteiger partial charge on any atom is 0.409 e. The van der Waals surface area contributed by atoms with Gasteiger partial charge < -0.3 is 14.5 Å². The van der Waals surface area contributed by atoms with Gasteiger partial charge in [-0.2, -0.15) is 0 Å². The van der Waals surface area contributed by atoms with Gasteiger partial charge in [-0.15, -0.1) is 0 Å². The molecule has 35 heavy (non-hydrogen) atoms. The summed E-state index contributed by atoms with van der Waals surface area (Å²) in [5.41, 5.74) is 7.50. The molecule has 5 nitrogen and oxygen atoms in total. The molecule has 0 unspecified atom stereocenters. The second kappa shape index (κ2) is 12.5. The predicted molar refractivity (Wildman–Crippen MR) is 143 cm³/mol. The minimum atomic E-state index is -0.177. The first-order valence-electron chi connectivity index (χ1n) is 13.2. The SMILES string of the molecule is CCN(CC)CCCCCOC(=O)N1CCC(=C2c3ccc(Cl)cc3CCc3cccnc32)CC1. The van der Waals surface area contributed by atoms with Gasteiger partial charge >= 0.3 is 6.09 Å². The van der Waals surface area contributed by atoms with Crippen molar-refractivity contribution in [3.63, 3.8) is 0 Å². The fourth-order valence-corrected chi connectivity index (χ4v) is 5.44. The summed E-state index contributed by atoms with van der Waals surface area (Å²) in [4.78, 5) is 21.7. The molecule has 0 saturated carbocycles. The summed E-state index contributed by atoms with van der Waals surface area (Å²) in [6, 6.07) is 10.4. The van der Waals surface area contributed by atoms with Crippen molar-refractivity contribution < 1.29 is 9.53 Å². The molecule has 1 aromatic carbocycles. The fraction of sp³-hybridized carbons (Fsp3) is 0.517. The van der Waals surface area contributed by atoms with Gasteiger partial charge in [0.15, 0.2) is 0 Å². The standard InChI is InChI=1S/C29H38ClN3O2/c1-3-32(4-2)17-6-5-7-20-35-29(34)33-18-14-22(15-19-33)27-26-13-12-25(30)21-24(26)11-10-23-9-8-16-31-28(23)27/h8-9,12-13,16,21H,3-7,10-11,14-15,17-20H2,1-2H3. The quantitative estimate of drug-likeness (QED) is 0.398. The van der Waals surface area contributed by atoms with Gasteiger partial charge in [0.1, 0.15) is 0 Å². The molecule has 4 rings (SSSR count). The van der Waals surface area contributed by atoms with Gasteiger partial charge in [-0.1, -0.05) is 43.2 Å². The van der Waals surface area contributed by atoms with Crippen LogP contribution in [0.25, 0.3) is 5.57 Å². The molecule has 0 atom stereocenters. The Morgan fingerprint density at radius 1 is 1.03 bits per heavy atom. The molecule has 0 spiro atoms. The number of hydrogen-bond donors (Lipinski definition) is 0. The smallest absolute Gasteiger partial charge is 0.409 e. The van der Waals surface area contributed by atoms with Gasteiger partial charge in [-0.05, 0) is 99.5 Å². The molecule has 1 amide bonds. The second-order valence-electron chi connectivity index (χ2n) is 9.48. The lowest BCUT2D eigenvalue weighted by molar-refractivity contribution is 0.0976. The zero-order chi connectivity index (χ0) is 24.6. The van der Waals surface area contributed by atoms with Gasteiger partial charge in [0.05, 0.1) is 12.3 Å². The molecule has 1 aliphatic heterocycles. The Labute approximate surface area is 215 Å². The van der Waals surface area contributed by atoms with Crippen LogP contribution in [0, 0.1) is 0 Å². The third-order valence-electron chi connectivity index (χ3n) is 7.35. The first-order valence-corrected chi connectivity index (χ1v) is 13.6. The Bertz CT molecular complexity index is 1040. The van der Waals surface area contributed by atoms with Crippen molar-refractivity contribution >= 4 is 23.3 Å². The molecule has 0 bridgehead atoms. The molecule has 0 radical (unpaired) electrons. The van der Waals surface area contributed by atoms with Crippen LogP contribution in [-0.2, 0) is 17.6 Å². The highest BCUT2D eigenvalue weighted by Crippen LogP contribution is 2.38. The van der Waals surface area contributed by atoms with Crippen molar-refractivity contribution in [2.75, 3.05) is 39.3 Å². The first-order chi connectivity index (χ1) is 17.1. The third-order valence-corrected chi connectivity index (χ3v) is 7.58. The molecule has 1 fully saturated rings. The molecule has 1 aromatic heterocycles. The zero-order valence-corrected chi connectivity index (χ0v) is 21.9. The summed E-state index contributed by atoms with van der Waals surface area (Å²) in [7, 11) is 0. The molecule has 2 aromatic rings. The van der Waals surface area contributed by atoms with Gasteiger partial charge in [-0.3, -0.25) is 4.98 Å². The number of pyridine rings is 1. The van der Waals surface area contributed by atoms with Crippen molar-refractivity contribution in [2.24, 2.45) is 0 Å². The highest BCUT2D eigenvalue weighted by Gasteiger charge is 2.27. The lowest BCUT2D eigenvalue weighted by Crippen LogP contribution is -2.37. The van der Waals surface area contributed by atoms with E-state index < -0.39 is 0 Å². The number of halogens is 1. The number of ether oxygens (including phenoxy) is 1. The van der Waals surface area contributed by atoms with E-state index in [1.54, 1.807) is 0 Å². The van der Waals surface area contributed by atoms with E-state index in [9.17, 15) is 4.79 Å². The molecular formula is C29H38ClN3O2. The summed E-state index contributed by atoms with van der Waals surface area (Å²) in [6.07, 6.45) is 8.48. The lowest BCUT2D eigenvalue weighted by atomic mass is 9.88. The van der Waals surface area contributed by atoms with Crippen LogP contribution >= 0.6 is 11.6 Å². The fourth-order valence-electron chi connectivity index (χ4n) is 5.25. The van der Waals surface area contributed by atoms with E-state index in [0.29, 0.717) is 19.7 Å². The van der Waals surface area contributed by atoms with Crippen molar-refractivity contribution in [3.8, 4) is 0 Å². The van der Waals surface area contributed by atoms with E-state index in [2.05, 4.69) is 36.9 Å². The first kappa shape index (κ1) is 25.7. The van der Waals surface area contributed by atoms with Gasteiger partial charge in [0.25, 0.3) is 0 Å². The van der Waals surface area contributed by atoms with E-state index in [4.69, 9.17) is 21.3 Å². The predicted octanol–water partition coefficient (Wildman–Crippen LogP) is 6.38. The molecule has 0 N–H and O–H groups in total. The average molecular weight is 496 g/mol. The van der Waals surface area contributed by atoms with Gasteiger partial charge in [0.2, 0.25) is 0 Å². The number of fused-ring (bicyclic) bond motifs is 2. The van der Waals surface area contributed by atoms with Crippen molar-refractivity contribution in [1.82, 2.24) is 14.8 Å². The van der Waals surface area contributed by atoms with E-state index in [1.807, 2.05) is 23.2 Å². The zero-order valence-electron chi connectivity index (χ0n) is 21.2. The topological polar surface area (TPSA) is 45.7 Å². The number of likely N-dealkylation sites (tertiary alicyclic amines) is 1. The summed E-state index contributed by atoms with van der Waals surface area (Å²) in [6.45, 7) is 9.59. The number of nitrogens with zero attached hydrogens (tertiary/aromatic N) is 3. The number of unbranched alkanes of at least 4 members (excludes halogenated alkanes) is 2. The Morgan fingerprint density at radius 3 is 2.57 bits per heavy atom. The normalized spacial score (nSPS) is 15.6. The molecule has 1 aliphatic carbocycles. The van der Waals surface area contributed by atoms with Crippen LogP contribution in [0.4, 0.5) is 4.79 Å². The lowest BCUT2D eigenvalue weighted by Gasteiger charge is -2.29. The number of rotatable bonds is 8. The van der Waals surface area contributed by atoms with Gasteiger partial charge in [0, 0.05) is 29.9 Å². The van der Waals surface area contributed by atoms with Crippen LogP contribution in [0.5, 0.6) is 0 Å². The summed E-state index contributed by atoms with van der Waals surface area (Å²) in [5.74, 6) is 0. The highest BCUT2D eigenvalue weighted by atomic mass is 35.5. The Morgan fingerprint density at radius 2 is 1.80 bits per heavy atom. The van der Waals surface area contributed by atoms with E-state index >= 15 is 0 Å². The monoisotopic (exact) mass is 495 g/mol. The molecule has 6 heteroatoms. The number of benzene rings is 1. The number of hydrogen-bond acceptors (Lipinski definition) is 4. The summed E-state index contributed by atoms with van der Waals surface area (Å²) in [5, 5.41) is 0.776. The largest absolute Gasteiger partial charge is 0.449 e.